The van der Waals surface area contributed by atoms with E-state index in [-0.39, 0.29) is 5.91 Å². The molecule has 0 unspecified atom stereocenters. The maximum Gasteiger partial charge on any atom is 0.248 e. The van der Waals surface area contributed by atoms with Crippen molar-refractivity contribution in [1.82, 2.24) is 15.0 Å². The molecule has 8 heteroatoms. The van der Waals surface area contributed by atoms with Crippen molar-refractivity contribution < 1.29 is 9.53 Å². The normalized spacial score (nSPS) is 13.8. The lowest BCUT2D eigenvalue weighted by Gasteiger charge is -2.28. The Balaban J connectivity index is 1.40. The van der Waals surface area contributed by atoms with E-state index in [0.29, 0.717) is 17.3 Å². The molecular weight excluding hydrogens is 440 g/mol. The van der Waals surface area contributed by atoms with E-state index in [0.717, 1.165) is 48.5 Å². The molecule has 1 amide bonds. The summed E-state index contributed by atoms with van der Waals surface area (Å²) in [4.78, 5) is 28.1. The number of para-hydroxylation sites is 1. The average Bonchev–Trinajstić information content (AvgIpc) is 2.89. The van der Waals surface area contributed by atoms with Crippen molar-refractivity contribution in [3.05, 3.63) is 79.1 Å². The number of pyridine rings is 1. The van der Waals surface area contributed by atoms with Gasteiger partial charge in [0.1, 0.15) is 0 Å². The summed E-state index contributed by atoms with van der Waals surface area (Å²) < 4.78 is 5.44. The van der Waals surface area contributed by atoms with Crippen LogP contribution in [0.15, 0.2) is 79.1 Å². The third kappa shape index (κ3) is 5.28. The summed E-state index contributed by atoms with van der Waals surface area (Å²) in [5, 5.41) is 7.06. The third-order valence-corrected chi connectivity index (χ3v) is 5.73. The molecule has 2 aromatic carbocycles. The Morgan fingerprint density at radius 1 is 1.03 bits per heavy atom. The molecule has 0 aliphatic carbocycles. The Kier molecular flexibility index (Phi) is 6.63. The molecule has 1 aliphatic rings. The number of hydrogen-bond acceptors (Lipinski definition) is 7. The van der Waals surface area contributed by atoms with Crippen LogP contribution in [-0.2, 0) is 9.53 Å². The van der Waals surface area contributed by atoms with E-state index >= 15 is 0 Å². The molecule has 8 nitrogen and oxygen atoms in total. The zero-order valence-electron chi connectivity index (χ0n) is 19.4. The Hall–Kier alpha value is -4.30. The summed E-state index contributed by atoms with van der Waals surface area (Å²) in [5.74, 6) is 0.317. The van der Waals surface area contributed by atoms with Crippen LogP contribution in [0.1, 0.15) is 6.92 Å². The summed E-state index contributed by atoms with van der Waals surface area (Å²) in [5.41, 5.74) is 5.10. The average molecular weight is 467 g/mol. The predicted molar refractivity (Wildman–Crippen MR) is 139 cm³/mol. The molecule has 0 bridgehead atoms. The summed E-state index contributed by atoms with van der Waals surface area (Å²) in [7, 11) is 0. The number of carbonyl (C=O) groups is 1. The highest BCUT2D eigenvalue weighted by Crippen LogP contribution is 2.28. The minimum atomic E-state index is -0.184. The number of hydrogen-bond donors (Lipinski definition) is 2. The number of morpholine rings is 1. The second-order valence-electron chi connectivity index (χ2n) is 8.13. The lowest BCUT2D eigenvalue weighted by molar-refractivity contribution is -0.111. The van der Waals surface area contributed by atoms with Gasteiger partial charge in [-0.15, -0.1) is 0 Å². The first kappa shape index (κ1) is 22.5. The molecule has 2 N–H and O–H groups in total. The number of ether oxygens (including phenoxy) is 1. The van der Waals surface area contributed by atoms with Crippen molar-refractivity contribution in [3.63, 3.8) is 0 Å². The maximum atomic E-state index is 11.9. The first-order chi connectivity index (χ1) is 17.2. The summed E-state index contributed by atoms with van der Waals surface area (Å²) in [6.07, 6.45) is 6.66. The fourth-order valence-corrected chi connectivity index (χ4v) is 4.02. The molecule has 1 saturated heterocycles. The number of benzene rings is 2. The summed E-state index contributed by atoms with van der Waals surface area (Å²) >= 11 is 0. The molecule has 176 valence electrons. The zero-order chi connectivity index (χ0) is 24.0. The number of allylic oxidation sites excluding steroid dienone is 1. The Morgan fingerprint density at radius 2 is 1.86 bits per heavy atom. The molecule has 0 radical (unpaired) electrons. The largest absolute Gasteiger partial charge is 0.378 e. The second-order valence-corrected chi connectivity index (χ2v) is 8.13. The van der Waals surface area contributed by atoms with Crippen molar-refractivity contribution in [3.8, 4) is 11.3 Å². The molecule has 2 aromatic heterocycles. The molecule has 3 heterocycles. The summed E-state index contributed by atoms with van der Waals surface area (Å²) in [6, 6.07) is 17.7. The monoisotopic (exact) mass is 466 g/mol. The van der Waals surface area contributed by atoms with Gasteiger partial charge in [-0.1, -0.05) is 24.3 Å². The molecule has 1 aliphatic heterocycles. The smallest absolute Gasteiger partial charge is 0.248 e. The van der Waals surface area contributed by atoms with Crippen molar-refractivity contribution in [2.24, 2.45) is 0 Å². The lowest BCUT2D eigenvalue weighted by atomic mass is 10.1. The Morgan fingerprint density at radius 3 is 2.66 bits per heavy atom. The molecule has 0 atom stereocenters. The van der Waals surface area contributed by atoms with Gasteiger partial charge in [-0.05, 0) is 49.4 Å². The topological polar surface area (TPSA) is 92.3 Å². The SMILES string of the molecule is CC=CC(=O)Nc1ccnc(-c2cccc3cnc(Nc4ccc(N5CCOCC5)cc4)nc23)c1. The van der Waals surface area contributed by atoms with Crippen LogP contribution >= 0.6 is 0 Å². The number of fused-ring (bicyclic) bond motifs is 1. The molecular formula is C27H26N6O2. The standard InChI is InChI=1S/C27H26N6O2/c1-2-4-25(34)30-21-11-12-28-24(17-21)23-6-3-5-19-18-29-27(32-26(19)23)31-20-7-9-22(10-8-20)33-13-15-35-16-14-33/h2-12,17-18H,13-16H2,1H3,(H,28,30,34)(H,29,31,32). The minimum absolute atomic E-state index is 0.184. The third-order valence-electron chi connectivity index (χ3n) is 5.73. The number of carbonyl (C=O) groups excluding carboxylic acids is 1. The Labute approximate surface area is 203 Å². The first-order valence-corrected chi connectivity index (χ1v) is 11.6. The van der Waals surface area contributed by atoms with Crippen LogP contribution in [0.4, 0.5) is 23.0 Å². The van der Waals surface area contributed by atoms with E-state index in [1.54, 1.807) is 31.5 Å². The van der Waals surface area contributed by atoms with Crippen LogP contribution in [0.2, 0.25) is 0 Å². The van der Waals surface area contributed by atoms with Crippen LogP contribution in [0.5, 0.6) is 0 Å². The fraction of sp³-hybridized carbons (Fsp3) is 0.185. The van der Waals surface area contributed by atoms with Gasteiger partial charge in [0.05, 0.1) is 24.4 Å². The van der Waals surface area contributed by atoms with E-state index in [9.17, 15) is 4.79 Å². The van der Waals surface area contributed by atoms with Crippen LogP contribution in [0, 0.1) is 0 Å². The van der Waals surface area contributed by atoms with Crippen molar-refractivity contribution >= 4 is 39.8 Å². The van der Waals surface area contributed by atoms with Gasteiger partial charge in [-0.3, -0.25) is 9.78 Å². The molecule has 35 heavy (non-hydrogen) atoms. The minimum Gasteiger partial charge on any atom is -0.378 e. The number of amides is 1. The number of aromatic nitrogens is 3. The van der Waals surface area contributed by atoms with Crippen LogP contribution in [0.25, 0.3) is 22.2 Å². The van der Waals surface area contributed by atoms with Gasteiger partial charge in [-0.2, -0.15) is 0 Å². The second kappa shape index (κ2) is 10.3. The lowest BCUT2D eigenvalue weighted by Crippen LogP contribution is -2.36. The van der Waals surface area contributed by atoms with Gasteiger partial charge >= 0.3 is 0 Å². The first-order valence-electron chi connectivity index (χ1n) is 11.6. The molecule has 1 fully saturated rings. The van der Waals surface area contributed by atoms with Crippen molar-refractivity contribution in [2.45, 2.75) is 6.92 Å². The van der Waals surface area contributed by atoms with Crippen molar-refractivity contribution in [1.29, 1.82) is 0 Å². The zero-order valence-corrected chi connectivity index (χ0v) is 19.4. The quantitative estimate of drug-likeness (QED) is 0.395. The highest BCUT2D eigenvalue weighted by molar-refractivity contribution is 6.00. The fourth-order valence-electron chi connectivity index (χ4n) is 4.02. The van der Waals surface area contributed by atoms with Gasteiger partial charge in [0.25, 0.3) is 0 Å². The van der Waals surface area contributed by atoms with E-state index in [1.165, 1.54) is 11.8 Å². The Bertz CT molecular complexity index is 1360. The number of nitrogens with zero attached hydrogens (tertiary/aromatic N) is 4. The van der Waals surface area contributed by atoms with E-state index in [1.807, 2.05) is 36.4 Å². The summed E-state index contributed by atoms with van der Waals surface area (Å²) in [6.45, 7) is 5.12. The molecule has 0 saturated carbocycles. The predicted octanol–water partition coefficient (Wildman–Crippen LogP) is 4.79. The van der Waals surface area contributed by atoms with Gasteiger partial charge in [0.15, 0.2) is 0 Å². The van der Waals surface area contributed by atoms with E-state index in [2.05, 4.69) is 37.6 Å². The molecule has 5 rings (SSSR count). The van der Waals surface area contributed by atoms with E-state index < -0.39 is 0 Å². The number of anilines is 4. The van der Waals surface area contributed by atoms with Gasteiger partial charge in [-0.25, -0.2) is 9.97 Å². The van der Waals surface area contributed by atoms with Gasteiger partial charge in [0.2, 0.25) is 11.9 Å². The molecule has 4 aromatic rings. The molecule has 0 spiro atoms. The van der Waals surface area contributed by atoms with E-state index in [4.69, 9.17) is 9.72 Å². The van der Waals surface area contributed by atoms with Crippen LogP contribution in [-0.4, -0.2) is 47.2 Å². The number of rotatable bonds is 6. The van der Waals surface area contributed by atoms with Crippen molar-refractivity contribution in [2.75, 3.05) is 41.8 Å². The van der Waals surface area contributed by atoms with Crippen LogP contribution < -0.4 is 15.5 Å². The maximum absolute atomic E-state index is 11.9. The van der Waals surface area contributed by atoms with Gasteiger partial charge in [0, 0.05) is 53.5 Å². The highest BCUT2D eigenvalue weighted by atomic mass is 16.5. The highest BCUT2D eigenvalue weighted by Gasteiger charge is 2.12. The number of nitrogens with one attached hydrogen (secondary N) is 2. The van der Waals surface area contributed by atoms with Crippen LogP contribution in [0.3, 0.4) is 0 Å². The van der Waals surface area contributed by atoms with Gasteiger partial charge < -0.3 is 20.3 Å².